The third-order valence-electron chi connectivity index (χ3n) is 6.16. The Balaban J connectivity index is -0.000000359. The van der Waals surface area contributed by atoms with E-state index in [1.54, 1.807) is 0 Å². The maximum atomic E-state index is 8.45. The molecule has 0 fully saturated rings. The van der Waals surface area contributed by atoms with Crippen LogP contribution in [0, 0.1) is 0 Å². The van der Waals surface area contributed by atoms with E-state index in [9.17, 15) is 0 Å². The predicted octanol–water partition coefficient (Wildman–Crippen LogP) is -16.0. The van der Waals surface area contributed by atoms with Gasteiger partial charge in [0.05, 0.1) is 37.7 Å². The van der Waals surface area contributed by atoms with Gasteiger partial charge in [-0.2, -0.15) is 0 Å². The largest absolute Gasteiger partial charge is 1.00 e. The summed E-state index contributed by atoms with van der Waals surface area (Å²) in [7, 11) is 0. The van der Waals surface area contributed by atoms with Gasteiger partial charge in [-0.05, 0) is 0 Å². The van der Waals surface area contributed by atoms with Gasteiger partial charge in [-0.25, -0.2) is 18.3 Å². The van der Waals surface area contributed by atoms with Gasteiger partial charge in [0, 0.05) is 70.8 Å². The standard InChI is InChI=1S/2C15H16N4O2.4BrH.2ClH/c2*20-16-12-14-2-8-18(9-3-14)6-1-7-19-10-4-15(5-11-19)13-17-21;;;;;;/h2*2-5,8-13H,1,6-7H2;6*1H/p-2. The van der Waals surface area contributed by atoms with E-state index in [-0.39, 0.29) is 92.7 Å². The summed E-state index contributed by atoms with van der Waals surface area (Å²) in [6.45, 7) is 3.62. The third kappa shape index (κ3) is 20.4. The lowest BCUT2D eigenvalue weighted by Crippen LogP contribution is -3.00. The van der Waals surface area contributed by atoms with Gasteiger partial charge in [-0.1, -0.05) is 20.6 Å². The van der Waals surface area contributed by atoms with E-state index in [1.165, 1.54) is 24.9 Å². The zero-order valence-electron chi connectivity index (χ0n) is 25.4. The van der Waals surface area contributed by atoms with Crippen LogP contribution in [0.2, 0.25) is 0 Å². The lowest BCUT2D eigenvalue weighted by molar-refractivity contribution is -0.727. The second kappa shape index (κ2) is 31.3. The first kappa shape index (κ1) is 51.8. The van der Waals surface area contributed by atoms with E-state index < -0.39 is 0 Å². The molecule has 0 saturated carbocycles. The molecule has 264 valence electrons. The van der Waals surface area contributed by atoms with Crippen LogP contribution in [0.15, 0.2) is 119 Å². The summed E-state index contributed by atoms with van der Waals surface area (Å²) in [5.74, 6) is 0. The highest BCUT2D eigenvalue weighted by atomic mass is 79.9. The minimum atomic E-state index is 0. The Hall–Kier alpha value is -3.02. The molecule has 0 aliphatic carbocycles. The average molecular weight is 963 g/mol. The maximum absolute atomic E-state index is 8.45. The molecule has 48 heavy (non-hydrogen) atoms. The Morgan fingerprint density at radius 1 is 0.375 bits per heavy atom. The van der Waals surface area contributed by atoms with E-state index in [2.05, 4.69) is 38.9 Å². The van der Waals surface area contributed by atoms with Gasteiger partial charge in [0.2, 0.25) is 0 Å². The Morgan fingerprint density at radius 2 is 0.542 bits per heavy atom. The first-order valence-corrected chi connectivity index (χ1v) is 13.3. The summed E-state index contributed by atoms with van der Waals surface area (Å²) < 4.78 is 8.34. The van der Waals surface area contributed by atoms with Crippen molar-refractivity contribution < 1.29 is 132 Å². The van der Waals surface area contributed by atoms with Gasteiger partial charge in [-0.3, -0.25) is 0 Å². The molecule has 4 rings (SSSR count). The lowest BCUT2D eigenvalue weighted by atomic mass is 10.3. The number of hydrogen-bond acceptors (Lipinski definition) is 8. The quantitative estimate of drug-likeness (QED) is 0.0485. The van der Waals surface area contributed by atoms with E-state index >= 15 is 0 Å². The van der Waals surface area contributed by atoms with Crippen molar-refractivity contribution in [2.75, 3.05) is 0 Å². The van der Waals surface area contributed by atoms with Crippen molar-refractivity contribution in [1.82, 2.24) is 0 Å². The number of hydrogen-bond donors (Lipinski definition) is 4. The zero-order chi connectivity index (χ0) is 29.8. The number of halogens is 6. The molecule has 0 aliphatic rings. The minimum absolute atomic E-state index is 0. The number of aromatic nitrogens is 4. The number of nitrogens with zero attached hydrogens (tertiary/aromatic N) is 8. The molecule has 0 radical (unpaired) electrons. The number of aryl methyl sites for hydroxylation is 4. The Kier molecular flexibility index (Phi) is 33.7. The van der Waals surface area contributed by atoms with Gasteiger partial charge in [0.15, 0.2) is 75.8 Å². The summed E-state index contributed by atoms with van der Waals surface area (Å²) >= 11 is 0. The Bertz CT molecular complexity index is 1250. The van der Waals surface area contributed by atoms with E-state index in [1.807, 2.05) is 98.1 Å². The summed E-state index contributed by atoms with van der Waals surface area (Å²) in [6.07, 6.45) is 23.3. The SMILES string of the molecule is O/N=C/c1cc[n+](CCC[n+]2ccc(/C=N/O)cc2)cc1.O/N=C/c1cc[n+](CCC[n+]2ccc(/C=N/O)cc2)cc1.[Br-].[Br-].[Br-].[Br-].[Cl-].[Cl-]. The topological polar surface area (TPSA) is 146 Å². The lowest BCUT2D eigenvalue weighted by Gasteiger charge is -1.97. The zero-order valence-corrected chi connectivity index (χ0v) is 33.3. The molecule has 0 atom stereocenters. The van der Waals surface area contributed by atoms with Crippen LogP contribution in [-0.2, 0) is 26.2 Å². The molecule has 18 heteroatoms. The van der Waals surface area contributed by atoms with Crippen molar-refractivity contribution in [2.24, 2.45) is 20.6 Å². The molecule has 0 spiro atoms. The molecule has 4 aromatic heterocycles. The van der Waals surface area contributed by atoms with Crippen molar-refractivity contribution in [3.05, 3.63) is 120 Å². The van der Waals surface area contributed by atoms with Gasteiger partial charge >= 0.3 is 0 Å². The summed E-state index contributed by atoms with van der Waals surface area (Å²) in [4.78, 5) is 0. The second-order valence-corrected chi connectivity index (χ2v) is 9.16. The average Bonchev–Trinajstić information content (AvgIpc) is 3.02. The Labute approximate surface area is 334 Å². The van der Waals surface area contributed by atoms with Crippen LogP contribution >= 0.6 is 0 Å². The summed E-state index contributed by atoms with van der Waals surface area (Å²) in [5, 5.41) is 45.8. The monoisotopic (exact) mass is 958 g/mol. The Morgan fingerprint density at radius 3 is 0.688 bits per heavy atom. The molecule has 4 N–H and O–H groups in total. The third-order valence-corrected chi connectivity index (χ3v) is 6.16. The first-order valence-electron chi connectivity index (χ1n) is 13.3. The first-order chi connectivity index (χ1) is 20.6. The fraction of sp³-hybridized carbons (Fsp3) is 0.200. The molecule has 4 heterocycles. The van der Waals surface area contributed by atoms with Crippen molar-refractivity contribution in [3.63, 3.8) is 0 Å². The van der Waals surface area contributed by atoms with Gasteiger partial charge in [0.25, 0.3) is 0 Å². The van der Waals surface area contributed by atoms with Crippen LogP contribution < -0.4 is 111 Å². The van der Waals surface area contributed by atoms with E-state index in [0.717, 1.165) is 61.3 Å². The highest BCUT2D eigenvalue weighted by Gasteiger charge is 2.06. The van der Waals surface area contributed by atoms with Crippen LogP contribution in [0.25, 0.3) is 0 Å². The number of oxime groups is 4. The van der Waals surface area contributed by atoms with Crippen LogP contribution in [0.5, 0.6) is 0 Å². The molecule has 0 bridgehead atoms. The van der Waals surface area contributed by atoms with Crippen molar-refractivity contribution in [1.29, 1.82) is 0 Å². The van der Waals surface area contributed by atoms with Gasteiger partial charge in [0.1, 0.15) is 0 Å². The highest BCUT2D eigenvalue weighted by molar-refractivity contribution is 5.79. The smallest absolute Gasteiger partial charge is 0.169 e. The molecule has 0 saturated heterocycles. The molecule has 0 unspecified atom stereocenters. The maximum Gasteiger partial charge on any atom is 0.169 e. The fourth-order valence-corrected chi connectivity index (χ4v) is 3.95. The van der Waals surface area contributed by atoms with Crippen molar-refractivity contribution >= 4 is 24.9 Å². The normalized spacial score (nSPS) is 10.0. The van der Waals surface area contributed by atoms with Crippen LogP contribution in [-0.4, -0.2) is 45.7 Å². The van der Waals surface area contributed by atoms with E-state index in [0.29, 0.717) is 0 Å². The van der Waals surface area contributed by atoms with Gasteiger partial charge < -0.3 is 114 Å². The van der Waals surface area contributed by atoms with Crippen molar-refractivity contribution in [3.8, 4) is 0 Å². The van der Waals surface area contributed by atoms with Crippen LogP contribution in [0.1, 0.15) is 35.1 Å². The summed E-state index contributed by atoms with van der Waals surface area (Å²) in [5.41, 5.74) is 3.46. The molecule has 4 aromatic rings. The summed E-state index contributed by atoms with van der Waals surface area (Å²) in [6, 6.07) is 15.2. The van der Waals surface area contributed by atoms with Crippen LogP contribution in [0.3, 0.4) is 0 Å². The number of rotatable bonds is 12. The molecule has 12 nitrogen and oxygen atoms in total. The van der Waals surface area contributed by atoms with Crippen molar-refractivity contribution in [2.45, 2.75) is 39.0 Å². The molecular formula is C30H36Br4Cl2N8O4-2. The van der Waals surface area contributed by atoms with Crippen LogP contribution in [0.4, 0.5) is 0 Å². The molecule has 0 aliphatic heterocycles. The molecule has 0 amide bonds. The minimum Gasteiger partial charge on any atom is -1.00 e. The van der Waals surface area contributed by atoms with Gasteiger partial charge in [-0.15, -0.1) is 0 Å². The molecular weight excluding hydrogens is 927 g/mol. The molecule has 0 aromatic carbocycles. The fourth-order valence-electron chi connectivity index (χ4n) is 3.95. The highest BCUT2D eigenvalue weighted by Crippen LogP contribution is 1.94. The predicted molar refractivity (Wildman–Crippen MR) is 153 cm³/mol. The second-order valence-electron chi connectivity index (χ2n) is 9.16. The van der Waals surface area contributed by atoms with E-state index in [4.69, 9.17) is 20.8 Å². The number of pyridine rings is 4.